The van der Waals surface area contributed by atoms with Crippen molar-refractivity contribution in [3.8, 4) is 28.7 Å². The first-order chi connectivity index (χ1) is 22.4. The minimum atomic E-state index is -1.58. The summed E-state index contributed by atoms with van der Waals surface area (Å²) in [7, 11) is 0. The van der Waals surface area contributed by atoms with Crippen molar-refractivity contribution in [2.75, 3.05) is 0 Å². The third-order valence-electron chi connectivity index (χ3n) is 8.83. The number of aromatic carboxylic acids is 1. The highest BCUT2D eigenvalue weighted by Gasteiger charge is 2.44. The van der Waals surface area contributed by atoms with Gasteiger partial charge in [-0.15, -0.1) is 0 Å². The van der Waals surface area contributed by atoms with E-state index in [1.165, 1.54) is 25.1 Å². The molecule has 0 radical (unpaired) electrons. The molecule has 1 aliphatic carbocycles. The number of nitriles is 1. The second-order valence-corrected chi connectivity index (χ2v) is 12.5. The van der Waals surface area contributed by atoms with Gasteiger partial charge in [-0.1, -0.05) is 23.7 Å². The van der Waals surface area contributed by atoms with E-state index in [-0.39, 0.29) is 75.0 Å². The molecule has 1 saturated carbocycles. The Morgan fingerprint density at radius 2 is 1.77 bits per heavy atom. The van der Waals surface area contributed by atoms with E-state index in [4.69, 9.17) is 21.1 Å². The number of halogens is 5. The molecule has 1 aromatic heterocycles. The summed E-state index contributed by atoms with van der Waals surface area (Å²) in [5.41, 5.74) is -0.530. The molecule has 238 valence electrons. The second-order valence-electron chi connectivity index (χ2n) is 12.1. The van der Waals surface area contributed by atoms with Crippen LogP contribution in [0.3, 0.4) is 0 Å². The van der Waals surface area contributed by atoms with E-state index in [2.05, 4.69) is 11.1 Å². The van der Waals surface area contributed by atoms with Gasteiger partial charge in [0.2, 0.25) is 0 Å². The molecule has 1 atom stereocenters. The molecule has 12 heteroatoms. The van der Waals surface area contributed by atoms with Crippen LogP contribution in [0.15, 0.2) is 60.7 Å². The molecule has 1 N–H and O–H groups in total. The van der Waals surface area contributed by atoms with E-state index in [0.717, 1.165) is 37.1 Å². The van der Waals surface area contributed by atoms with Gasteiger partial charge in [-0.05, 0) is 66.9 Å². The number of ether oxygens (including phenoxy) is 2. The van der Waals surface area contributed by atoms with Gasteiger partial charge in [-0.25, -0.2) is 27.3 Å². The van der Waals surface area contributed by atoms with Crippen LogP contribution in [0.25, 0.3) is 22.2 Å². The van der Waals surface area contributed by atoms with E-state index >= 15 is 13.2 Å². The molecule has 4 aromatic carbocycles. The molecule has 47 heavy (non-hydrogen) atoms. The fourth-order valence-electron chi connectivity index (χ4n) is 6.14. The second kappa shape index (κ2) is 11.0. The number of nitrogens with zero attached hydrogens (tertiary/aromatic N) is 3. The van der Waals surface area contributed by atoms with Gasteiger partial charge in [0.15, 0.2) is 17.3 Å². The Balaban J connectivity index is 1.26. The van der Waals surface area contributed by atoms with Crippen molar-refractivity contribution < 1.29 is 36.9 Å². The Morgan fingerprint density at radius 1 is 1.02 bits per heavy atom. The van der Waals surface area contributed by atoms with Crippen molar-refractivity contribution in [1.29, 1.82) is 5.26 Å². The normalized spacial score (nSPS) is 17.6. The molecule has 0 amide bonds. The molecule has 0 bridgehead atoms. The van der Waals surface area contributed by atoms with E-state index < -0.39 is 40.4 Å². The fraction of sp³-hybridized carbons (Fsp3) is 0.229. The predicted octanol–water partition coefficient (Wildman–Crippen LogP) is 8.54. The molecule has 2 heterocycles. The molecule has 7 rings (SSSR count). The number of aromatic nitrogens is 2. The number of imidazole rings is 1. The summed E-state index contributed by atoms with van der Waals surface area (Å²) in [5.74, 6) is -5.75. The number of carboxylic acid groups (broad SMARTS) is 1. The van der Waals surface area contributed by atoms with Crippen LogP contribution in [0, 0.1) is 40.0 Å². The molecule has 1 aliphatic heterocycles. The maximum Gasteiger partial charge on any atom is 0.335 e. The zero-order chi connectivity index (χ0) is 33.2. The molecule has 0 spiro atoms. The minimum absolute atomic E-state index is 0.0781. The largest absolute Gasteiger partial charge is 0.478 e. The smallest absolute Gasteiger partial charge is 0.335 e. The Bertz CT molecular complexity index is 2150. The van der Waals surface area contributed by atoms with Crippen LogP contribution in [-0.4, -0.2) is 20.6 Å². The summed E-state index contributed by atoms with van der Waals surface area (Å²) in [6, 6.07) is 15.4. The van der Waals surface area contributed by atoms with Crippen LogP contribution in [0.1, 0.15) is 53.5 Å². The summed E-state index contributed by atoms with van der Waals surface area (Å²) in [6.45, 7) is 1.72. The van der Waals surface area contributed by atoms with Crippen molar-refractivity contribution in [3.63, 3.8) is 0 Å². The van der Waals surface area contributed by atoms with Crippen molar-refractivity contribution >= 4 is 28.6 Å². The summed E-state index contributed by atoms with van der Waals surface area (Å²) < 4.78 is 75.2. The van der Waals surface area contributed by atoms with E-state index in [1.54, 1.807) is 22.8 Å². The number of benzene rings is 4. The molecule has 7 nitrogen and oxygen atoms in total. The zero-order valence-corrected chi connectivity index (χ0v) is 25.5. The predicted molar refractivity (Wildman–Crippen MR) is 163 cm³/mol. The van der Waals surface area contributed by atoms with E-state index in [1.807, 2.05) is 0 Å². The lowest BCUT2D eigenvalue weighted by Crippen LogP contribution is -2.32. The Kier molecular flexibility index (Phi) is 7.17. The SMILES string of the molecule is CC1(c2ccc(Cl)cc2F)Oc2cccc(-c3cc(F)c(Cc4nc5c(F)cc(C(=O)O)cc5n4CC4(CC#N)CC4)c(F)c3)c2O1. The van der Waals surface area contributed by atoms with Gasteiger partial charge in [0, 0.05) is 47.9 Å². The Hall–Kier alpha value is -5.08. The number of fused-ring (bicyclic) bond motifs is 2. The van der Waals surface area contributed by atoms with Gasteiger partial charge < -0.3 is 19.1 Å². The first-order valence-electron chi connectivity index (χ1n) is 14.6. The lowest BCUT2D eigenvalue weighted by Gasteiger charge is -2.24. The maximum atomic E-state index is 15.8. The quantitative estimate of drug-likeness (QED) is 0.167. The standard InChI is InChI=1S/C35H24ClF4N3O4/c1-34(23-6-5-20(36)15-26(23)39)46-29-4-2-3-21(32(29)47-34)18-11-24(37)22(25(38)12-18)16-30-42-31-27(40)13-19(33(44)45)14-28(31)43(30)17-35(7-8-35)9-10-41/h2-6,11-15H,7-9,16-17H2,1H3,(H,44,45). The van der Waals surface area contributed by atoms with Crippen LogP contribution >= 0.6 is 11.6 Å². The fourth-order valence-corrected chi connectivity index (χ4v) is 6.30. The third-order valence-corrected chi connectivity index (χ3v) is 9.06. The average Bonchev–Trinajstić information content (AvgIpc) is 3.54. The summed E-state index contributed by atoms with van der Waals surface area (Å²) in [6.07, 6.45) is 1.27. The number of rotatable bonds is 8. The highest BCUT2D eigenvalue weighted by Crippen LogP contribution is 2.51. The molecule has 1 fully saturated rings. The van der Waals surface area contributed by atoms with Crippen molar-refractivity contribution in [2.24, 2.45) is 5.41 Å². The minimum Gasteiger partial charge on any atom is -0.478 e. The molecular weight excluding hydrogens is 638 g/mol. The molecular formula is C35H24ClF4N3O4. The van der Waals surface area contributed by atoms with Gasteiger partial charge in [-0.3, -0.25) is 0 Å². The van der Waals surface area contributed by atoms with Gasteiger partial charge in [-0.2, -0.15) is 5.26 Å². The summed E-state index contributed by atoms with van der Waals surface area (Å²) >= 11 is 5.91. The first-order valence-corrected chi connectivity index (χ1v) is 15.0. The number of hydrogen-bond acceptors (Lipinski definition) is 5. The molecule has 1 unspecified atom stereocenters. The highest BCUT2D eigenvalue weighted by molar-refractivity contribution is 6.30. The van der Waals surface area contributed by atoms with Gasteiger partial charge in [0.05, 0.1) is 22.7 Å². The molecule has 2 aliphatic rings. The molecule has 0 saturated heterocycles. The van der Waals surface area contributed by atoms with E-state index in [0.29, 0.717) is 5.56 Å². The van der Waals surface area contributed by atoms with Crippen LogP contribution in [0.2, 0.25) is 5.02 Å². The number of hydrogen-bond donors (Lipinski definition) is 1. The first kappa shape index (κ1) is 30.6. The lowest BCUT2D eigenvalue weighted by atomic mass is 10.00. The van der Waals surface area contributed by atoms with E-state index in [9.17, 15) is 19.6 Å². The van der Waals surface area contributed by atoms with Crippen LogP contribution in [-0.2, 0) is 18.8 Å². The monoisotopic (exact) mass is 661 g/mol. The van der Waals surface area contributed by atoms with Crippen molar-refractivity contribution in [3.05, 3.63) is 111 Å². The van der Waals surface area contributed by atoms with Gasteiger partial charge in [0.25, 0.3) is 5.79 Å². The summed E-state index contributed by atoms with van der Waals surface area (Å²) in [5, 5.41) is 19.1. The molecule has 5 aromatic rings. The van der Waals surface area contributed by atoms with Gasteiger partial charge >= 0.3 is 5.97 Å². The number of para-hydroxylation sites is 1. The topological polar surface area (TPSA) is 97.4 Å². The number of carboxylic acids is 1. The zero-order valence-electron chi connectivity index (χ0n) is 24.7. The van der Waals surface area contributed by atoms with Gasteiger partial charge in [0.1, 0.15) is 28.8 Å². The summed E-state index contributed by atoms with van der Waals surface area (Å²) in [4.78, 5) is 16.0. The number of carbonyl (C=O) groups is 1. The highest BCUT2D eigenvalue weighted by atomic mass is 35.5. The van der Waals surface area contributed by atoms with Crippen molar-refractivity contribution in [2.45, 2.75) is 44.9 Å². The van der Waals surface area contributed by atoms with Crippen molar-refractivity contribution in [1.82, 2.24) is 9.55 Å². The maximum absolute atomic E-state index is 15.8. The van der Waals surface area contributed by atoms with Crippen LogP contribution < -0.4 is 9.47 Å². The van der Waals surface area contributed by atoms with Crippen LogP contribution in [0.4, 0.5) is 17.6 Å². The average molecular weight is 662 g/mol. The third kappa shape index (κ3) is 5.32. The Labute approximate surface area is 270 Å². The Morgan fingerprint density at radius 3 is 2.43 bits per heavy atom. The lowest BCUT2D eigenvalue weighted by molar-refractivity contribution is -0.0705. The van der Waals surface area contributed by atoms with Crippen LogP contribution in [0.5, 0.6) is 11.5 Å².